The third-order valence-corrected chi connectivity index (χ3v) is 7.54. The summed E-state index contributed by atoms with van der Waals surface area (Å²) in [5.74, 6) is -0.446. The van der Waals surface area contributed by atoms with Crippen LogP contribution in [0.2, 0.25) is 5.02 Å². The number of anilines is 1. The largest absolute Gasteiger partial charge is 0.345 e. The SMILES string of the molecule is CC(NC(=O)c1ccc(Cl)cc1NS(=O)(=O)c1nccc2sncc12)c1ccc(Br)cc1. The van der Waals surface area contributed by atoms with Crippen LogP contribution in [0.1, 0.15) is 28.9 Å². The van der Waals surface area contributed by atoms with E-state index >= 15 is 0 Å². The van der Waals surface area contributed by atoms with Crippen molar-refractivity contribution < 1.29 is 13.2 Å². The van der Waals surface area contributed by atoms with Gasteiger partial charge < -0.3 is 5.32 Å². The van der Waals surface area contributed by atoms with E-state index in [2.05, 4.69) is 35.3 Å². The second kappa shape index (κ2) is 9.14. The molecule has 0 spiro atoms. The van der Waals surface area contributed by atoms with E-state index in [9.17, 15) is 13.2 Å². The average molecular weight is 552 g/mol. The van der Waals surface area contributed by atoms with E-state index in [0.29, 0.717) is 10.1 Å². The van der Waals surface area contributed by atoms with Crippen molar-refractivity contribution in [3.63, 3.8) is 0 Å². The maximum absolute atomic E-state index is 13.1. The molecular weight excluding hydrogens is 536 g/mol. The number of fused-ring (bicyclic) bond motifs is 1. The fourth-order valence-corrected chi connectivity index (χ4v) is 5.44. The molecule has 2 aromatic carbocycles. The fourth-order valence-electron chi connectivity index (χ4n) is 3.09. The summed E-state index contributed by atoms with van der Waals surface area (Å²) in [5, 5.41) is 3.40. The Morgan fingerprint density at radius 2 is 1.91 bits per heavy atom. The smallest absolute Gasteiger partial charge is 0.280 e. The maximum atomic E-state index is 13.1. The van der Waals surface area contributed by atoms with Gasteiger partial charge >= 0.3 is 0 Å². The molecule has 2 aromatic heterocycles. The monoisotopic (exact) mass is 550 g/mol. The molecule has 1 atom stereocenters. The van der Waals surface area contributed by atoms with Crippen molar-refractivity contribution in [1.29, 1.82) is 0 Å². The first kappa shape index (κ1) is 22.7. The summed E-state index contributed by atoms with van der Waals surface area (Å²) in [6, 6.07) is 13.3. The van der Waals surface area contributed by atoms with Gasteiger partial charge in [0, 0.05) is 15.7 Å². The minimum Gasteiger partial charge on any atom is -0.345 e. The van der Waals surface area contributed by atoms with Gasteiger partial charge in [0.15, 0.2) is 5.03 Å². The number of nitrogens with zero attached hydrogens (tertiary/aromatic N) is 2. The lowest BCUT2D eigenvalue weighted by Crippen LogP contribution is -2.28. The molecule has 1 unspecified atom stereocenters. The van der Waals surface area contributed by atoms with Crippen molar-refractivity contribution >= 4 is 70.8 Å². The number of benzene rings is 2. The molecule has 0 aliphatic carbocycles. The summed E-state index contributed by atoms with van der Waals surface area (Å²) < 4.78 is 34.3. The molecule has 2 N–H and O–H groups in total. The van der Waals surface area contributed by atoms with Gasteiger partial charge in [0.25, 0.3) is 15.9 Å². The predicted octanol–water partition coefficient (Wildman–Crippen LogP) is 5.40. The maximum Gasteiger partial charge on any atom is 0.280 e. The molecular formula is C21H16BrClN4O3S2. The van der Waals surface area contributed by atoms with Gasteiger partial charge in [-0.05, 0) is 60.4 Å². The Balaban J connectivity index is 1.64. The van der Waals surface area contributed by atoms with E-state index < -0.39 is 15.9 Å². The Morgan fingerprint density at radius 3 is 2.66 bits per heavy atom. The van der Waals surface area contributed by atoms with Crippen molar-refractivity contribution in [2.75, 3.05) is 4.72 Å². The quantitative estimate of drug-likeness (QED) is 0.334. The van der Waals surface area contributed by atoms with Crippen LogP contribution in [-0.4, -0.2) is 23.7 Å². The number of sulfonamides is 1. The van der Waals surface area contributed by atoms with Gasteiger partial charge in [0.1, 0.15) is 0 Å². The van der Waals surface area contributed by atoms with E-state index in [1.165, 1.54) is 42.1 Å². The second-order valence-corrected chi connectivity index (χ2v) is 10.7. The van der Waals surface area contributed by atoms with Crippen LogP contribution >= 0.6 is 39.1 Å². The number of hydrogen-bond donors (Lipinski definition) is 2. The van der Waals surface area contributed by atoms with Crippen molar-refractivity contribution in [2.45, 2.75) is 18.0 Å². The Hall–Kier alpha value is -2.53. The van der Waals surface area contributed by atoms with Crippen molar-refractivity contribution in [3.8, 4) is 0 Å². The van der Waals surface area contributed by atoms with Gasteiger partial charge in [0.05, 0.1) is 33.6 Å². The molecule has 7 nitrogen and oxygen atoms in total. The highest BCUT2D eigenvalue weighted by Crippen LogP contribution is 2.28. The summed E-state index contributed by atoms with van der Waals surface area (Å²) in [6.07, 6.45) is 2.85. The third-order valence-electron chi connectivity index (χ3n) is 4.69. The number of aromatic nitrogens is 2. The molecule has 0 saturated carbocycles. The molecule has 4 rings (SSSR count). The fraction of sp³-hybridized carbons (Fsp3) is 0.0952. The predicted molar refractivity (Wildman–Crippen MR) is 130 cm³/mol. The molecule has 0 fully saturated rings. The van der Waals surface area contributed by atoms with Crippen LogP contribution in [0, 0.1) is 0 Å². The topological polar surface area (TPSA) is 101 Å². The highest BCUT2D eigenvalue weighted by Gasteiger charge is 2.24. The van der Waals surface area contributed by atoms with Crippen LogP contribution in [0.15, 0.2) is 70.4 Å². The van der Waals surface area contributed by atoms with Gasteiger partial charge in [-0.3, -0.25) is 9.52 Å². The van der Waals surface area contributed by atoms with E-state index in [1.807, 2.05) is 31.2 Å². The number of halogens is 2. The summed E-state index contributed by atoms with van der Waals surface area (Å²) in [4.78, 5) is 17.0. The molecule has 164 valence electrons. The Bertz CT molecular complexity index is 1410. The molecule has 1 amide bonds. The number of carbonyl (C=O) groups excluding carboxylic acids is 1. The number of nitrogens with one attached hydrogen (secondary N) is 2. The molecule has 11 heteroatoms. The Morgan fingerprint density at radius 1 is 1.16 bits per heavy atom. The summed E-state index contributed by atoms with van der Waals surface area (Å²) >= 11 is 10.6. The van der Waals surface area contributed by atoms with E-state index in [1.54, 1.807) is 6.07 Å². The van der Waals surface area contributed by atoms with Crippen molar-refractivity contribution in [2.24, 2.45) is 0 Å². The molecule has 0 aliphatic rings. The normalized spacial score (nSPS) is 12.5. The average Bonchev–Trinajstić information content (AvgIpc) is 3.22. The first-order valence-electron chi connectivity index (χ1n) is 9.33. The van der Waals surface area contributed by atoms with Gasteiger partial charge in [-0.15, -0.1) is 0 Å². The number of rotatable bonds is 6. The van der Waals surface area contributed by atoms with Crippen LogP contribution < -0.4 is 10.0 Å². The van der Waals surface area contributed by atoms with Gasteiger partial charge in [-0.1, -0.05) is 39.7 Å². The minimum atomic E-state index is -4.11. The number of carbonyl (C=O) groups is 1. The van der Waals surface area contributed by atoms with Crippen LogP contribution in [0.5, 0.6) is 0 Å². The van der Waals surface area contributed by atoms with Crippen LogP contribution in [0.25, 0.3) is 10.1 Å². The first-order chi connectivity index (χ1) is 15.2. The molecule has 0 aliphatic heterocycles. The number of hydrogen-bond acceptors (Lipinski definition) is 6. The number of pyridine rings is 1. The number of amides is 1. The highest BCUT2D eigenvalue weighted by molar-refractivity contribution is 9.10. The molecule has 0 radical (unpaired) electrons. The van der Waals surface area contributed by atoms with Crippen LogP contribution in [0.3, 0.4) is 0 Å². The molecule has 32 heavy (non-hydrogen) atoms. The standard InChI is InChI=1S/C21H16BrClN4O3S2/c1-12(13-2-4-14(22)5-3-13)26-20(28)16-7-6-15(23)10-18(16)27-32(29,30)21-17-11-25-31-19(17)8-9-24-21/h2-12,27H,1H3,(H,26,28). The Labute approximate surface area is 202 Å². The second-order valence-electron chi connectivity index (χ2n) is 6.90. The Kier molecular flexibility index (Phi) is 6.47. The van der Waals surface area contributed by atoms with Gasteiger partial charge in [0.2, 0.25) is 0 Å². The highest BCUT2D eigenvalue weighted by atomic mass is 79.9. The van der Waals surface area contributed by atoms with Crippen molar-refractivity contribution in [3.05, 3.63) is 81.5 Å². The lowest BCUT2D eigenvalue weighted by Gasteiger charge is -2.17. The van der Waals surface area contributed by atoms with E-state index in [0.717, 1.165) is 10.0 Å². The van der Waals surface area contributed by atoms with E-state index in [4.69, 9.17) is 11.6 Å². The lowest BCUT2D eigenvalue weighted by atomic mass is 10.1. The summed E-state index contributed by atoms with van der Waals surface area (Å²) in [6.45, 7) is 1.84. The van der Waals surface area contributed by atoms with Crippen molar-refractivity contribution in [1.82, 2.24) is 14.7 Å². The lowest BCUT2D eigenvalue weighted by molar-refractivity contribution is 0.0941. The molecule has 0 bridgehead atoms. The summed E-state index contributed by atoms with van der Waals surface area (Å²) in [5.41, 5.74) is 1.09. The zero-order chi connectivity index (χ0) is 22.9. The van der Waals surface area contributed by atoms with E-state index in [-0.39, 0.29) is 27.3 Å². The molecule has 2 heterocycles. The molecule has 4 aromatic rings. The third kappa shape index (κ3) is 4.78. The van der Waals surface area contributed by atoms with Crippen LogP contribution in [0.4, 0.5) is 5.69 Å². The van der Waals surface area contributed by atoms with Gasteiger partial charge in [-0.2, -0.15) is 12.8 Å². The first-order valence-corrected chi connectivity index (χ1v) is 12.8. The van der Waals surface area contributed by atoms with Crippen LogP contribution in [-0.2, 0) is 10.0 Å². The zero-order valence-electron chi connectivity index (χ0n) is 16.5. The minimum absolute atomic E-state index is 0.0556. The molecule has 0 saturated heterocycles. The summed E-state index contributed by atoms with van der Waals surface area (Å²) in [7, 11) is -4.11. The van der Waals surface area contributed by atoms with Gasteiger partial charge in [-0.25, -0.2) is 4.98 Å². The zero-order valence-corrected chi connectivity index (χ0v) is 20.5.